The van der Waals surface area contributed by atoms with Gasteiger partial charge in [0, 0.05) is 6.07 Å². The summed E-state index contributed by atoms with van der Waals surface area (Å²) in [5.74, 6) is 0.510. The van der Waals surface area contributed by atoms with E-state index in [2.05, 4.69) is 15.9 Å². The maximum atomic E-state index is 11.1. The van der Waals surface area contributed by atoms with Gasteiger partial charge in [0.05, 0.1) is 16.6 Å². The fourth-order valence-corrected chi connectivity index (χ4v) is 2.10. The molecule has 1 N–H and O–H groups in total. The molecular weight excluding hydrogens is 304 g/mol. The van der Waals surface area contributed by atoms with Gasteiger partial charge in [0.1, 0.15) is 0 Å². The van der Waals surface area contributed by atoms with Gasteiger partial charge >= 0.3 is 5.97 Å². The number of fused-ring (bicyclic) bond motifs is 1. The molecule has 0 fully saturated rings. The molecule has 0 saturated heterocycles. The highest BCUT2D eigenvalue weighted by Crippen LogP contribution is 2.47. The van der Waals surface area contributed by atoms with Gasteiger partial charge in [-0.25, -0.2) is 4.79 Å². The monoisotopic (exact) mass is 316 g/mol. The summed E-state index contributed by atoms with van der Waals surface area (Å²) >= 11 is 3.24. The first-order chi connectivity index (χ1) is 8.50. The number of hydrogen-bond donors (Lipinski definition) is 1. The third-order valence-electron chi connectivity index (χ3n) is 2.35. The molecule has 1 heterocycles. The Hall–Kier alpha value is -1.43. The highest BCUT2D eigenvalue weighted by Gasteiger charge is 2.27. The van der Waals surface area contributed by atoms with Gasteiger partial charge in [-0.1, -0.05) is 13.8 Å². The van der Waals surface area contributed by atoms with Crippen LogP contribution in [0.3, 0.4) is 0 Å². The predicted molar refractivity (Wildman–Crippen MR) is 67.6 cm³/mol. The van der Waals surface area contributed by atoms with Gasteiger partial charge in [-0.3, -0.25) is 0 Å². The maximum Gasteiger partial charge on any atom is 0.337 e. The number of halogens is 1. The highest BCUT2D eigenvalue weighted by atomic mass is 79.9. The smallest absolute Gasteiger partial charge is 0.337 e. The van der Waals surface area contributed by atoms with Crippen molar-refractivity contribution in [2.45, 2.75) is 13.8 Å². The third-order valence-corrected chi connectivity index (χ3v) is 3.14. The lowest BCUT2D eigenvalue weighted by atomic mass is 10.2. The van der Waals surface area contributed by atoms with Crippen LogP contribution in [-0.2, 0) is 0 Å². The average molecular weight is 317 g/mol. The molecule has 2 rings (SSSR count). The molecule has 0 aliphatic carbocycles. The van der Waals surface area contributed by atoms with E-state index in [1.807, 2.05) is 13.8 Å². The van der Waals surface area contributed by atoms with E-state index in [4.69, 9.17) is 19.3 Å². The van der Waals surface area contributed by atoms with Crippen LogP contribution in [0.1, 0.15) is 24.2 Å². The quantitative estimate of drug-likeness (QED) is 0.925. The Labute approximate surface area is 113 Å². The van der Waals surface area contributed by atoms with E-state index in [-0.39, 0.29) is 12.4 Å². The van der Waals surface area contributed by atoms with Gasteiger partial charge in [0.25, 0.3) is 0 Å². The van der Waals surface area contributed by atoms with Crippen molar-refractivity contribution in [2.24, 2.45) is 5.92 Å². The number of aromatic carboxylic acids is 1. The molecule has 0 spiro atoms. The van der Waals surface area contributed by atoms with E-state index in [1.54, 1.807) is 0 Å². The standard InChI is InChI=1S/C12H13BrO5/c1-6(2)4-16-11-9(13)7(12(14)15)3-8-10(11)18-5-17-8/h3,6H,4-5H2,1-2H3,(H,14,15). The van der Waals surface area contributed by atoms with Crippen molar-refractivity contribution in [1.29, 1.82) is 0 Å². The van der Waals surface area contributed by atoms with E-state index in [0.29, 0.717) is 34.2 Å². The maximum absolute atomic E-state index is 11.1. The van der Waals surface area contributed by atoms with Crippen molar-refractivity contribution in [2.75, 3.05) is 13.4 Å². The zero-order valence-electron chi connectivity index (χ0n) is 10.0. The van der Waals surface area contributed by atoms with Crippen LogP contribution in [0.4, 0.5) is 0 Å². The summed E-state index contributed by atoms with van der Waals surface area (Å²) in [6.45, 7) is 4.55. The van der Waals surface area contributed by atoms with Crippen LogP contribution in [-0.4, -0.2) is 24.5 Å². The van der Waals surface area contributed by atoms with Crippen LogP contribution in [0, 0.1) is 5.92 Å². The molecular formula is C12H13BrO5. The second kappa shape index (κ2) is 5.06. The zero-order valence-corrected chi connectivity index (χ0v) is 11.6. The third kappa shape index (κ3) is 2.38. The Bertz CT molecular complexity index is 484. The summed E-state index contributed by atoms with van der Waals surface area (Å²) in [6.07, 6.45) is 0. The van der Waals surface area contributed by atoms with Crippen LogP contribution >= 0.6 is 15.9 Å². The molecule has 0 unspecified atom stereocenters. The minimum absolute atomic E-state index is 0.0723. The highest BCUT2D eigenvalue weighted by molar-refractivity contribution is 9.10. The van der Waals surface area contributed by atoms with E-state index < -0.39 is 5.97 Å². The number of rotatable bonds is 4. The SMILES string of the molecule is CC(C)COc1c(Br)c(C(=O)O)cc2c1OCO2. The number of hydrogen-bond acceptors (Lipinski definition) is 4. The molecule has 1 aromatic carbocycles. The first-order valence-electron chi connectivity index (χ1n) is 5.49. The summed E-state index contributed by atoms with van der Waals surface area (Å²) < 4.78 is 16.5. The zero-order chi connectivity index (χ0) is 13.3. The Kier molecular flexibility index (Phi) is 3.65. The Balaban J connectivity index is 2.45. The summed E-state index contributed by atoms with van der Waals surface area (Å²) in [4.78, 5) is 11.1. The van der Waals surface area contributed by atoms with E-state index >= 15 is 0 Å². The molecule has 5 nitrogen and oxygen atoms in total. The molecule has 0 saturated carbocycles. The number of carbonyl (C=O) groups is 1. The Morgan fingerprint density at radius 3 is 2.89 bits per heavy atom. The van der Waals surface area contributed by atoms with E-state index in [1.165, 1.54) is 6.07 Å². The molecule has 1 aliphatic rings. The van der Waals surface area contributed by atoms with Crippen molar-refractivity contribution in [3.63, 3.8) is 0 Å². The second-order valence-electron chi connectivity index (χ2n) is 4.31. The van der Waals surface area contributed by atoms with Crippen LogP contribution in [0.25, 0.3) is 0 Å². The van der Waals surface area contributed by atoms with E-state index in [0.717, 1.165) is 0 Å². The van der Waals surface area contributed by atoms with Crippen LogP contribution in [0.5, 0.6) is 17.2 Å². The lowest BCUT2D eigenvalue weighted by Crippen LogP contribution is -2.07. The Morgan fingerprint density at radius 2 is 2.28 bits per heavy atom. The van der Waals surface area contributed by atoms with Gasteiger partial charge in [0.2, 0.25) is 12.5 Å². The fraction of sp³-hybridized carbons (Fsp3) is 0.417. The Morgan fingerprint density at radius 1 is 1.56 bits per heavy atom. The molecule has 1 aromatic rings. The van der Waals surface area contributed by atoms with Crippen LogP contribution in [0.15, 0.2) is 10.5 Å². The lowest BCUT2D eigenvalue weighted by Gasteiger charge is -2.14. The van der Waals surface area contributed by atoms with Crippen molar-refractivity contribution in [3.8, 4) is 17.2 Å². The van der Waals surface area contributed by atoms with Crippen molar-refractivity contribution >= 4 is 21.9 Å². The van der Waals surface area contributed by atoms with Gasteiger partial charge < -0.3 is 19.3 Å². The summed E-state index contributed by atoms with van der Waals surface area (Å²) in [7, 11) is 0. The summed E-state index contributed by atoms with van der Waals surface area (Å²) in [5, 5.41) is 9.12. The largest absolute Gasteiger partial charge is 0.488 e. The van der Waals surface area contributed by atoms with Crippen molar-refractivity contribution in [3.05, 3.63) is 16.1 Å². The molecule has 18 heavy (non-hydrogen) atoms. The van der Waals surface area contributed by atoms with Gasteiger partial charge in [-0.15, -0.1) is 0 Å². The minimum Gasteiger partial charge on any atom is -0.488 e. The summed E-state index contributed by atoms with van der Waals surface area (Å²) in [5.41, 5.74) is 0.0954. The van der Waals surface area contributed by atoms with Crippen LogP contribution < -0.4 is 14.2 Å². The first kappa shape index (κ1) is 13.0. The normalized spacial score (nSPS) is 12.9. The molecule has 98 valence electrons. The van der Waals surface area contributed by atoms with Crippen LogP contribution in [0.2, 0.25) is 0 Å². The van der Waals surface area contributed by atoms with Crippen molar-refractivity contribution in [1.82, 2.24) is 0 Å². The number of benzene rings is 1. The number of carboxylic acid groups (broad SMARTS) is 1. The minimum atomic E-state index is -1.05. The van der Waals surface area contributed by atoms with E-state index in [9.17, 15) is 4.79 Å². The molecule has 0 aromatic heterocycles. The van der Waals surface area contributed by atoms with Crippen molar-refractivity contribution < 1.29 is 24.1 Å². The second-order valence-corrected chi connectivity index (χ2v) is 5.10. The van der Waals surface area contributed by atoms with Gasteiger partial charge in [-0.05, 0) is 21.8 Å². The summed E-state index contributed by atoms with van der Waals surface area (Å²) in [6, 6.07) is 1.43. The molecule has 1 aliphatic heterocycles. The number of ether oxygens (including phenoxy) is 3. The molecule has 0 bridgehead atoms. The molecule has 0 atom stereocenters. The molecule has 0 radical (unpaired) electrons. The number of carboxylic acids is 1. The molecule has 0 amide bonds. The first-order valence-corrected chi connectivity index (χ1v) is 6.28. The average Bonchev–Trinajstić information content (AvgIpc) is 2.74. The lowest BCUT2D eigenvalue weighted by molar-refractivity contribution is 0.0695. The molecule has 6 heteroatoms. The topological polar surface area (TPSA) is 65.0 Å². The predicted octanol–water partition coefficient (Wildman–Crippen LogP) is 2.91. The van der Waals surface area contributed by atoms with Gasteiger partial charge in [0.15, 0.2) is 11.5 Å². The fourth-order valence-electron chi connectivity index (χ4n) is 1.52. The van der Waals surface area contributed by atoms with Gasteiger partial charge in [-0.2, -0.15) is 0 Å².